The first-order valence-electron chi connectivity index (χ1n) is 17.1. The van der Waals surface area contributed by atoms with Gasteiger partial charge in [0.25, 0.3) is 0 Å². The molecule has 0 bridgehead atoms. The minimum Gasteiger partial charge on any atom is -0.299 e. The summed E-state index contributed by atoms with van der Waals surface area (Å²) >= 11 is 1.97. The van der Waals surface area contributed by atoms with Crippen LogP contribution in [-0.4, -0.2) is 35.9 Å². The van der Waals surface area contributed by atoms with Crippen molar-refractivity contribution >= 4 is 23.2 Å². The number of thioether (sulfide) groups is 1. The van der Waals surface area contributed by atoms with Crippen LogP contribution in [0.3, 0.4) is 0 Å². The van der Waals surface area contributed by atoms with Gasteiger partial charge in [0, 0.05) is 22.9 Å². The fraction of sp³-hybridized carbons (Fsp3) is 0.641. The largest absolute Gasteiger partial charge is 0.299 e. The van der Waals surface area contributed by atoms with E-state index in [1.807, 2.05) is 30.0 Å². The van der Waals surface area contributed by atoms with Crippen LogP contribution in [0.4, 0.5) is 0 Å². The average Bonchev–Trinajstić information content (AvgIpc) is 3.01. The zero-order valence-electron chi connectivity index (χ0n) is 29.8. The molecule has 0 fully saturated rings. The summed E-state index contributed by atoms with van der Waals surface area (Å²) in [5, 5.41) is 3.71. The lowest BCUT2D eigenvalue weighted by Gasteiger charge is -2.39. The van der Waals surface area contributed by atoms with Crippen LogP contribution < -0.4 is 5.32 Å². The number of nitrogens with one attached hydrogen (secondary N) is 1. The van der Waals surface area contributed by atoms with Crippen LogP contribution in [0.1, 0.15) is 120 Å². The molecule has 0 heterocycles. The Balaban J connectivity index is 0. The zero-order valence-corrected chi connectivity index (χ0v) is 30.6. The van der Waals surface area contributed by atoms with Gasteiger partial charge in [-0.25, -0.2) is 0 Å². The van der Waals surface area contributed by atoms with Crippen molar-refractivity contribution < 1.29 is 0 Å². The van der Waals surface area contributed by atoms with Crippen LogP contribution in [0.15, 0.2) is 83.2 Å². The van der Waals surface area contributed by atoms with Gasteiger partial charge >= 0.3 is 0 Å². The van der Waals surface area contributed by atoms with Gasteiger partial charge in [0.05, 0.1) is 18.0 Å². The second-order valence-corrected chi connectivity index (χ2v) is 12.7. The van der Waals surface area contributed by atoms with E-state index >= 15 is 0 Å². The van der Waals surface area contributed by atoms with Crippen LogP contribution in [0.2, 0.25) is 0 Å². The standard InChI is InChI=1S/C17H27NS.2C11H21N/c1-5-11-15(4)17(7-3,18-14-6-2)19-16-12-9-8-10-13-16;2*1-5-8-10(4)11(7-3)12-9-6-2/h6,8-10,12-13,15,18H,2,5,7,11,14H2,1,3-4H3;2*6,10H,2,5,7-9H2,1,3-4H3/t15-,17+;10-;/m10./s1. The number of rotatable bonds is 21. The number of nitrogens with zero attached hydrogens (tertiary/aromatic N) is 2. The molecule has 0 aliphatic carbocycles. The highest BCUT2D eigenvalue weighted by molar-refractivity contribution is 8.00. The highest BCUT2D eigenvalue weighted by atomic mass is 32.2. The maximum Gasteiger partial charge on any atom is 0.0717 e. The van der Waals surface area contributed by atoms with Gasteiger partial charge in [0.2, 0.25) is 0 Å². The Kier molecular flexibility index (Phi) is 29.0. The third-order valence-corrected chi connectivity index (χ3v) is 9.49. The molecule has 246 valence electrons. The number of benzene rings is 1. The van der Waals surface area contributed by atoms with Crippen molar-refractivity contribution in [3.05, 3.63) is 68.3 Å². The monoisotopic (exact) mass is 612 g/mol. The lowest BCUT2D eigenvalue weighted by Crippen LogP contribution is -2.47. The van der Waals surface area contributed by atoms with E-state index in [2.05, 4.69) is 128 Å². The SMILES string of the molecule is C=CCN=C(CC)C(C)CCC.C=CCN=C(CC)[C@@H](C)CCC.C=CCN[C@@](CC)(Sc1ccccc1)[C@H](C)CCC. The first-order valence-corrected chi connectivity index (χ1v) is 17.9. The molecule has 4 heteroatoms. The van der Waals surface area contributed by atoms with Crippen LogP contribution in [-0.2, 0) is 0 Å². The summed E-state index contributed by atoms with van der Waals surface area (Å²) in [4.78, 5) is 10.4. The summed E-state index contributed by atoms with van der Waals surface area (Å²) in [5.74, 6) is 1.94. The van der Waals surface area contributed by atoms with Gasteiger partial charge < -0.3 is 0 Å². The molecule has 1 unspecified atom stereocenters. The quantitative estimate of drug-likeness (QED) is 0.0649. The topological polar surface area (TPSA) is 36.8 Å². The van der Waals surface area contributed by atoms with Gasteiger partial charge in [-0.1, -0.05) is 118 Å². The van der Waals surface area contributed by atoms with Crippen LogP contribution in [0.5, 0.6) is 0 Å². The highest BCUT2D eigenvalue weighted by Crippen LogP contribution is 2.41. The van der Waals surface area contributed by atoms with E-state index in [1.54, 1.807) is 0 Å². The van der Waals surface area contributed by atoms with Crippen molar-refractivity contribution in [2.45, 2.75) is 130 Å². The molecule has 0 amide bonds. The fourth-order valence-electron chi connectivity index (χ4n) is 5.26. The molecular formula is C39H69N3S. The summed E-state index contributed by atoms with van der Waals surface area (Å²) in [6.45, 7) is 33.8. The molecule has 0 aliphatic heterocycles. The Morgan fingerprint density at radius 3 is 1.56 bits per heavy atom. The molecule has 3 nitrogen and oxygen atoms in total. The summed E-state index contributed by atoms with van der Waals surface area (Å²) < 4.78 is 0. The summed E-state index contributed by atoms with van der Waals surface area (Å²) in [7, 11) is 0. The highest BCUT2D eigenvalue weighted by Gasteiger charge is 2.34. The predicted octanol–water partition coefficient (Wildman–Crippen LogP) is 12.0. The van der Waals surface area contributed by atoms with E-state index in [0.29, 0.717) is 17.8 Å². The Hall–Kier alpha value is -1.91. The average molecular weight is 612 g/mol. The van der Waals surface area contributed by atoms with E-state index in [9.17, 15) is 0 Å². The first-order chi connectivity index (χ1) is 20.7. The smallest absolute Gasteiger partial charge is 0.0717 e. The molecule has 0 aliphatic rings. The van der Waals surface area contributed by atoms with Gasteiger partial charge in [-0.3, -0.25) is 15.3 Å². The van der Waals surface area contributed by atoms with Crippen LogP contribution in [0, 0.1) is 17.8 Å². The van der Waals surface area contributed by atoms with E-state index in [0.717, 1.165) is 38.9 Å². The third-order valence-electron chi connectivity index (χ3n) is 7.78. The van der Waals surface area contributed by atoms with Crippen LogP contribution >= 0.6 is 11.8 Å². The molecular weight excluding hydrogens is 543 g/mol. The Morgan fingerprint density at radius 1 is 0.744 bits per heavy atom. The molecule has 1 rings (SSSR count). The van der Waals surface area contributed by atoms with Crippen LogP contribution in [0.25, 0.3) is 0 Å². The van der Waals surface area contributed by atoms with E-state index < -0.39 is 0 Å². The lowest BCUT2D eigenvalue weighted by molar-refractivity contribution is 0.318. The molecule has 43 heavy (non-hydrogen) atoms. The lowest BCUT2D eigenvalue weighted by atomic mass is 9.94. The summed E-state index contributed by atoms with van der Waals surface area (Å²) in [6, 6.07) is 10.7. The second kappa shape index (κ2) is 28.8. The molecule has 0 radical (unpaired) electrons. The summed E-state index contributed by atoms with van der Waals surface area (Å²) in [6.07, 6.45) is 16.4. The normalized spacial score (nSPS) is 15.0. The maximum absolute atomic E-state index is 4.48. The zero-order chi connectivity index (χ0) is 32.9. The van der Waals surface area contributed by atoms with Gasteiger partial charge in [-0.15, -0.1) is 31.5 Å². The van der Waals surface area contributed by atoms with E-state index in [1.165, 1.54) is 54.8 Å². The van der Waals surface area contributed by atoms with Gasteiger partial charge in [0.15, 0.2) is 0 Å². The Morgan fingerprint density at radius 2 is 1.21 bits per heavy atom. The number of aliphatic imine (C=N–C) groups is 2. The Bertz CT molecular complexity index is 840. The molecule has 0 saturated carbocycles. The molecule has 0 spiro atoms. The third kappa shape index (κ3) is 19.9. The molecule has 1 aromatic rings. The first kappa shape index (κ1) is 43.2. The van der Waals surface area contributed by atoms with Crippen molar-refractivity contribution in [2.24, 2.45) is 27.7 Å². The summed E-state index contributed by atoms with van der Waals surface area (Å²) in [5.41, 5.74) is 2.69. The second-order valence-electron chi connectivity index (χ2n) is 11.3. The van der Waals surface area contributed by atoms with Crippen molar-refractivity contribution in [1.82, 2.24) is 5.32 Å². The molecule has 1 aromatic carbocycles. The van der Waals surface area contributed by atoms with E-state index in [-0.39, 0.29) is 4.87 Å². The molecule has 0 aromatic heterocycles. The van der Waals surface area contributed by atoms with Gasteiger partial charge in [0.1, 0.15) is 0 Å². The Labute approximate surface area is 273 Å². The van der Waals surface area contributed by atoms with E-state index in [4.69, 9.17) is 0 Å². The van der Waals surface area contributed by atoms with Crippen molar-refractivity contribution in [3.63, 3.8) is 0 Å². The predicted molar refractivity (Wildman–Crippen MR) is 201 cm³/mol. The minimum atomic E-state index is 0.103. The fourth-order valence-corrected chi connectivity index (χ4v) is 6.59. The molecule has 4 atom stereocenters. The van der Waals surface area contributed by atoms with Gasteiger partial charge in [-0.2, -0.15) is 0 Å². The minimum absolute atomic E-state index is 0.103. The maximum atomic E-state index is 4.48. The van der Waals surface area contributed by atoms with Crippen molar-refractivity contribution in [2.75, 3.05) is 19.6 Å². The van der Waals surface area contributed by atoms with Crippen molar-refractivity contribution in [1.29, 1.82) is 0 Å². The molecule has 0 saturated heterocycles. The number of hydrogen-bond donors (Lipinski definition) is 1. The number of hydrogen-bond acceptors (Lipinski definition) is 4. The van der Waals surface area contributed by atoms with Gasteiger partial charge in [-0.05, 0) is 68.4 Å². The van der Waals surface area contributed by atoms with Crippen molar-refractivity contribution in [3.8, 4) is 0 Å². The molecule has 1 N–H and O–H groups in total.